The van der Waals surface area contributed by atoms with Crippen molar-refractivity contribution < 1.29 is 8.42 Å². The summed E-state index contributed by atoms with van der Waals surface area (Å²) in [6.45, 7) is 2.66. The fraction of sp³-hybridized carbons (Fsp3) is 0.357. The van der Waals surface area contributed by atoms with Crippen LogP contribution >= 0.6 is 35.0 Å². The molecule has 4 nitrogen and oxygen atoms in total. The first-order chi connectivity index (χ1) is 10.4. The maximum absolute atomic E-state index is 12.9. The lowest BCUT2D eigenvalue weighted by Crippen LogP contribution is -2.38. The van der Waals surface area contributed by atoms with Gasteiger partial charge in [-0.05, 0) is 25.1 Å². The summed E-state index contributed by atoms with van der Waals surface area (Å²) in [5.41, 5.74) is 1.05. The fourth-order valence-electron chi connectivity index (χ4n) is 2.51. The van der Waals surface area contributed by atoms with Gasteiger partial charge in [0.05, 0.1) is 16.2 Å². The molecule has 0 unspecified atom stereocenters. The molecular weight excluding hydrogens is 363 g/mol. The molecule has 0 amide bonds. The quantitative estimate of drug-likeness (QED) is 0.803. The third kappa shape index (κ3) is 2.83. The van der Waals surface area contributed by atoms with E-state index in [2.05, 4.69) is 4.98 Å². The molecule has 22 heavy (non-hydrogen) atoms. The summed E-state index contributed by atoms with van der Waals surface area (Å²) >= 11 is 14.2. The second-order valence-electron chi connectivity index (χ2n) is 5.02. The molecule has 0 N–H and O–H groups in total. The van der Waals surface area contributed by atoms with E-state index in [4.69, 9.17) is 23.2 Å². The molecule has 1 saturated heterocycles. The highest BCUT2D eigenvalue weighted by molar-refractivity contribution is 7.99. The van der Waals surface area contributed by atoms with Crippen LogP contribution in [0, 0.1) is 6.92 Å². The maximum Gasteiger partial charge on any atom is 0.246 e. The number of aryl methyl sites for hydroxylation is 1. The van der Waals surface area contributed by atoms with Gasteiger partial charge < -0.3 is 0 Å². The Kier molecular flexibility index (Phi) is 4.58. The number of aromatic nitrogens is 1. The number of halogens is 2. The van der Waals surface area contributed by atoms with E-state index in [1.807, 2.05) is 0 Å². The van der Waals surface area contributed by atoms with E-state index in [9.17, 15) is 8.42 Å². The predicted octanol–water partition coefficient (Wildman–Crippen LogP) is 3.59. The Morgan fingerprint density at radius 3 is 2.59 bits per heavy atom. The first-order valence-corrected chi connectivity index (χ1v) is 10.1. The number of hydrogen-bond acceptors (Lipinski definition) is 4. The van der Waals surface area contributed by atoms with E-state index in [0.29, 0.717) is 34.7 Å². The summed E-state index contributed by atoms with van der Waals surface area (Å²) in [6.07, 6.45) is 0. The summed E-state index contributed by atoms with van der Waals surface area (Å²) < 4.78 is 27.3. The molecule has 118 valence electrons. The lowest BCUT2D eigenvalue weighted by Gasteiger charge is -2.26. The summed E-state index contributed by atoms with van der Waals surface area (Å²) in [7, 11) is -3.65. The van der Waals surface area contributed by atoms with E-state index in [1.54, 1.807) is 36.9 Å². The molecule has 2 aromatic rings. The van der Waals surface area contributed by atoms with E-state index in [1.165, 1.54) is 4.31 Å². The first kappa shape index (κ1) is 16.3. The molecule has 0 bridgehead atoms. The predicted molar refractivity (Wildman–Crippen MR) is 92.6 cm³/mol. The van der Waals surface area contributed by atoms with Crippen LogP contribution in [-0.2, 0) is 10.0 Å². The molecular formula is C14H14Cl2N2O2S2. The van der Waals surface area contributed by atoms with Gasteiger partial charge >= 0.3 is 0 Å². The average Bonchev–Trinajstić information content (AvgIpc) is 2.49. The van der Waals surface area contributed by atoms with Crippen molar-refractivity contribution in [2.45, 2.75) is 11.8 Å². The molecule has 0 atom stereocenters. The molecule has 1 aromatic carbocycles. The molecule has 0 aliphatic carbocycles. The summed E-state index contributed by atoms with van der Waals surface area (Å²) in [6, 6.07) is 5.10. The van der Waals surface area contributed by atoms with Crippen LogP contribution in [0.3, 0.4) is 0 Å². The Labute approximate surface area is 143 Å². The summed E-state index contributed by atoms with van der Waals surface area (Å²) in [5.74, 6) is 1.59. The largest absolute Gasteiger partial charge is 0.252 e. The van der Waals surface area contributed by atoms with Crippen LogP contribution in [0.15, 0.2) is 23.1 Å². The van der Waals surface area contributed by atoms with Crippen LogP contribution in [0.5, 0.6) is 0 Å². The van der Waals surface area contributed by atoms with E-state index >= 15 is 0 Å². The SMILES string of the molecule is Cc1nc2ccc(Cl)cc2c(Cl)c1S(=O)(=O)N1CCSCC1. The third-order valence-corrected chi connectivity index (χ3v) is 7.32. The number of hydrogen-bond donors (Lipinski definition) is 0. The zero-order chi connectivity index (χ0) is 15.9. The number of fused-ring (bicyclic) bond motifs is 1. The summed E-state index contributed by atoms with van der Waals surface area (Å²) in [4.78, 5) is 4.48. The molecule has 0 spiro atoms. The van der Waals surface area contributed by atoms with Gasteiger partial charge in [0, 0.05) is 35.0 Å². The van der Waals surface area contributed by atoms with E-state index < -0.39 is 10.0 Å². The van der Waals surface area contributed by atoms with Crippen molar-refractivity contribution in [1.82, 2.24) is 9.29 Å². The Balaban J connectivity index is 2.21. The number of pyridine rings is 1. The Morgan fingerprint density at radius 1 is 1.23 bits per heavy atom. The molecule has 1 fully saturated rings. The molecule has 1 aliphatic heterocycles. The van der Waals surface area contributed by atoms with Crippen LogP contribution in [0.4, 0.5) is 0 Å². The molecule has 2 heterocycles. The summed E-state index contributed by atoms with van der Waals surface area (Å²) in [5, 5.41) is 1.26. The monoisotopic (exact) mass is 376 g/mol. The smallest absolute Gasteiger partial charge is 0.246 e. The Morgan fingerprint density at radius 2 is 1.91 bits per heavy atom. The van der Waals surface area contributed by atoms with Gasteiger partial charge in [0.1, 0.15) is 4.90 Å². The number of rotatable bonds is 2. The van der Waals surface area contributed by atoms with Crippen LogP contribution in [-0.4, -0.2) is 42.3 Å². The van der Waals surface area contributed by atoms with Crippen molar-refractivity contribution in [3.63, 3.8) is 0 Å². The third-order valence-electron chi connectivity index (χ3n) is 3.58. The zero-order valence-electron chi connectivity index (χ0n) is 11.8. The standard InChI is InChI=1S/C14H14Cl2N2O2S2/c1-9-14(22(19,20)18-4-6-21-7-5-18)13(16)11-8-10(15)2-3-12(11)17-9/h2-3,8H,4-7H2,1H3. The van der Waals surface area contributed by atoms with E-state index in [0.717, 1.165) is 11.5 Å². The number of thioether (sulfide) groups is 1. The molecule has 1 aliphatic rings. The molecule has 1 aromatic heterocycles. The van der Waals surface area contributed by atoms with Crippen LogP contribution < -0.4 is 0 Å². The average molecular weight is 377 g/mol. The zero-order valence-corrected chi connectivity index (χ0v) is 15.0. The highest BCUT2D eigenvalue weighted by atomic mass is 35.5. The van der Waals surface area contributed by atoms with Gasteiger partial charge in [0.15, 0.2) is 0 Å². The van der Waals surface area contributed by atoms with Crippen LogP contribution in [0.25, 0.3) is 10.9 Å². The second kappa shape index (κ2) is 6.17. The highest BCUT2D eigenvalue weighted by Gasteiger charge is 2.31. The number of sulfonamides is 1. The van der Waals surface area contributed by atoms with Crippen molar-refractivity contribution in [1.29, 1.82) is 0 Å². The van der Waals surface area contributed by atoms with Gasteiger partial charge in [-0.25, -0.2) is 8.42 Å². The lowest BCUT2D eigenvalue weighted by atomic mass is 10.2. The van der Waals surface area contributed by atoms with Crippen molar-refractivity contribution in [2.24, 2.45) is 0 Å². The maximum atomic E-state index is 12.9. The van der Waals surface area contributed by atoms with Gasteiger partial charge in [-0.15, -0.1) is 0 Å². The van der Waals surface area contributed by atoms with Crippen LogP contribution in [0.2, 0.25) is 10.0 Å². The van der Waals surface area contributed by atoms with Crippen molar-refractivity contribution >= 4 is 55.9 Å². The van der Waals surface area contributed by atoms with Crippen LogP contribution in [0.1, 0.15) is 5.69 Å². The van der Waals surface area contributed by atoms with E-state index in [-0.39, 0.29) is 9.92 Å². The van der Waals surface area contributed by atoms with Gasteiger partial charge in [-0.1, -0.05) is 23.2 Å². The molecule has 0 radical (unpaired) electrons. The fourth-order valence-corrected chi connectivity index (χ4v) is 6.07. The van der Waals surface area contributed by atoms with Crippen molar-refractivity contribution in [2.75, 3.05) is 24.6 Å². The number of benzene rings is 1. The Bertz CT molecular complexity index is 834. The minimum Gasteiger partial charge on any atom is -0.252 e. The topological polar surface area (TPSA) is 50.3 Å². The van der Waals surface area contributed by atoms with Gasteiger partial charge in [0.25, 0.3) is 0 Å². The molecule has 0 saturated carbocycles. The van der Waals surface area contributed by atoms with Gasteiger partial charge in [0.2, 0.25) is 10.0 Å². The highest BCUT2D eigenvalue weighted by Crippen LogP contribution is 2.35. The Hall–Kier alpha value is -0.530. The molecule has 8 heteroatoms. The normalized spacial score (nSPS) is 17.0. The molecule has 3 rings (SSSR count). The van der Waals surface area contributed by atoms with Gasteiger partial charge in [-0.3, -0.25) is 4.98 Å². The minimum absolute atomic E-state index is 0.0934. The van der Waals surface area contributed by atoms with Crippen molar-refractivity contribution in [3.8, 4) is 0 Å². The minimum atomic E-state index is -3.65. The lowest BCUT2D eigenvalue weighted by molar-refractivity contribution is 0.443. The number of nitrogens with zero attached hydrogens (tertiary/aromatic N) is 2. The van der Waals surface area contributed by atoms with Crippen molar-refractivity contribution in [3.05, 3.63) is 33.9 Å². The first-order valence-electron chi connectivity index (χ1n) is 6.74. The second-order valence-corrected chi connectivity index (χ2v) is 8.93. The van der Waals surface area contributed by atoms with Gasteiger partial charge in [-0.2, -0.15) is 16.1 Å².